The van der Waals surface area contributed by atoms with Crippen LogP contribution in [0.2, 0.25) is 0 Å². The van der Waals surface area contributed by atoms with E-state index < -0.39 is 12.2 Å². The summed E-state index contributed by atoms with van der Waals surface area (Å²) in [7, 11) is 0. The van der Waals surface area contributed by atoms with Crippen molar-refractivity contribution >= 4 is 11.9 Å². The number of esters is 2. The Morgan fingerprint density at radius 1 is 0.967 bits per heavy atom. The Morgan fingerprint density at radius 2 is 1.67 bits per heavy atom. The lowest BCUT2D eigenvalue weighted by Gasteiger charge is -2.28. The highest BCUT2D eigenvalue weighted by Gasteiger charge is 2.49. The van der Waals surface area contributed by atoms with E-state index in [-0.39, 0.29) is 49.4 Å². The van der Waals surface area contributed by atoms with Gasteiger partial charge in [0.05, 0.1) is 31.8 Å². The number of carbonyl (C=O) groups is 2. The molecule has 0 unspecified atom stereocenters. The van der Waals surface area contributed by atoms with E-state index in [2.05, 4.69) is 6.58 Å². The summed E-state index contributed by atoms with van der Waals surface area (Å²) >= 11 is 0. The predicted octanol–water partition coefficient (Wildman–Crippen LogP) is 1.92. The summed E-state index contributed by atoms with van der Waals surface area (Å²) in [5.74, 6) is -0.664. The molecule has 1 saturated carbocycles. The maximum atomic E-state index is 12.5. The normalized spacial score (nSPS) is 33.1. The molecule has 8 nitrogen and oxygen atoms in total. The number of hydrogen-bond donors (Lipinski definition) is 1. The smallest absolute Gasteiger partial charge is 0.330 e. The van der Waals surface area contributed by atoms with E-state index in [0.717, 1.165) is 51.4 Å². The van der Waals surface area contributed by atoms with Gasteiger partial charge in [-0.25, -0.2) is 4.79 Å². The minimum atomic E-state index is -0.638. The molecule has 2 aliphatic heterocycles. The van der Waals surface area contributed by atoms with Crippen LogP contribution in [0.5, 0.6) is 0 Å². The lowest BCUT2D eigenvalue weighted by Crippen LogP contribution is -2.36. The maximum absolute atomic E-state index is 12.5. The number of carbonyl (C=O) groups excluding carboxylic acids is 2. The van der Waals surface area contributed by atoms with Crippen molar-refractivity contribution in [3.63, 3.8) is 0 Å². The van der Waals surface area contributed by atoms with Gasteiger partial charge in [-0.3, -0.25) is 4.79 Å². The van der Waals surface area contributed by atoms with Crippen molar-refractivity contribution in [2.24, 2.45) is 5.92 Å². The van der Waals surface area contributed by atoms with Gasteiger partial charge in [0.25, 0.3) is 0 Å². The first-order valence-electron chi connectivity index (χ1n) is 11.1. The van der Waals surface area contributed by atoms with Crippen LogP contribution in [0.25, 0.3) is 0 Å². The largest absolute Gasteiger partial charge is 0.463 e. The van der Waals surface area contributed by atoms with E-state index in [9.17, 15) is 14.7 Å². The topological polar surface area (TPSA) is 101 Å². The summed E-state index contributed by atoms with van der Waals surface area (Å²) in [5.41, 5.74) is 0. The van der Waals surface area contributed by atoms with Crippen LogP contribution >= 0.6 is 0 Å². The second kappa shape index (κ2) is 11.8. The van der Waals surface area contributed by atoms with E-state index in [1.54, 1.807) is 0 Å². The summed E-state index contributed by atoms with van der Waals surface area (Å²) < 4.78 is 27.6. The van der Waals surface area contributed by atoms with Gasteiger partial charge in [-0.2, -0.15) is 0 Å². The molecule has 0 radical (unpaired) electrons. The second-order valence-electron chi connectivity index (χ2n) is 8.27. The molecule has 3 fully saturated rings. The molecule has 1 aliphatic carbocycles. The lowest BCUT2D eigenvalue weighted by atomic mass is 9.87. The number of hydrogen-bond acceptors (Lipinski definition) is 8. The molecule has 0 aromatic rings. The monoisotopic (exact) mass is 426 g/mol. The first-order valence-corrected chi connectivity index (χ1v) is 11.1. The molecule has 3 aliphatic rings. The Bertz CT molecular complexity index is 571. The van der Waals surface area contributed by atoms with Crippen molar-refractivity contribution in [1.29, 1.82) is 0 Å². The van der Waals surface area contributed by atoms with Gasteiger partial charge in [-0.15, -0.1) is 0 Å². The Kier molecular flexibility index (Phi) is 9.11. The fourth-order valence-corrected chi connectivity index (χ4v) is 4.29. The molecule has 4 atom stereocenters. The predicted molar refractivity (Wildman–Crippen MR) is 107 cm³/mol. The molecule has 8 heteroatoms. The van der Waals surface area contributed by atoms with Crippen molar-refractivity contribution in [2.45, 2.75) is 81.9 Å². The highest BCUT2D eigenvalue weighted by atomic mass is 16.6. The SMILES string of the molecule is C=CC(=O)OCCCCCCOC1CCC(C(=O)O[C@H]2CO[C@H]3[C@@H]2OC[C@H]3O)CC1. The molecular weight excluding hydrogens is 392 g/mol. The van der Waals surface area contributed by atoms with Gasteiger partial charge in [0, 0.05) is 12.7 Å². The van der Waals surface area contributed by atoms with Crippen LogP contribution in [0.15, 0.2) is 12.7 Å². The quantitative estimate of drug-likeness (QED) is 0.304. The Hall–Kier alpha value is -1.48. The summed E-state index contributed by atoms with van der Waals surface area (Å²) in [6.45, 7) is 5.03. The van der Waals surface area contributed by atoms with Crippen molar-refractivity contribution in [1.82, 2.24) is 0 Å². The average molecular weight is 427 g/mol. The van der Waals surface area contributed by atoms with Crippen LogP contribution in [0.4, 0.5) is 0 Å². The van der Waals surface area contributed by atoms with Gasteiger partial charge in [-0.05, 0) is 44.9 Å². The first kappa shape index (κ1) is 23.2. The molecule has 2 heterocycles. The van der Waals surface area contributed by atoms with E-state index in [1.165, 1.54) is 6.08 Å². The highest BCUT2D eigenvalue weighted by Crippen LogP contribution is 2.32. The molecule has 3 rings (SSSR count). The summed E-state index contributed by atoms with van der Waals surface area (Å²) in [5, 5.41) is 9.78. The number of aliphatic hydroxyl groups is 1. The van der Waals surface area contributed by atoms with E-state index in [4.69, 9.17) is 23.7 Å². The molecule has 0 aromatic heterocycles. The van der Waals surface area contributed by atoms with Crippen LogP contribution in [0, 0.1) is 5.92 Å². The van der Waals surface area contributed by atoms with Gasteiger partial charge < -0.3 is 28.8 Å². The lowest BCUT2D eigenvalue weighted by molar-refractivity contribution is -0.160. The van der Waals surface area contributed by atoms with Gasteiger partial charge in [0.15, 0.2) is 6.10 Å². The molecule has 2 saturated heterocycles. The van der Waals surface area contributed by atoms with Crippen LogP contribution < -0.4 is 0 Å². The number of ether oxygens (including phenoxy) is 5. The van der Waals surface area contributed by atoms with Crippen LogP contribution in [-0.4, -0.2) is 74.0 Å². The molecule has 30 heavy (non-hydrogen) atoms. The highest BCUT2D eigenvalue weighted by molar-refractivity contribution is 5.81. The number of rotatable bonds is 11. The first-order chi connectivity index (χ1) is 14.6. The van der Waals surface area contributed by atoms with Crippen molar-refractivity contribution in [3.8, 4) is 0 Å². The molecule has 0 amide bonds. The minimum Gasteiger partial charge on any atom is -0.463 e. The summed E-state index contributed by atoms with van der Waals surface area (Å²) in [6.07, 6.45) is 6.71. The van der Waals surface area contributed by atoms with Crippen LogP contribution in [0.1, 0.15) is 51.4 Å². The zero-order chi connectivity index (χ0) is 21.3. The molecular formula is C22H34O8. The Balaban J connectivity index is 1.22. The molecule has 0 aromatic carbocycles. The molecule has 1 N–H and O–H groups in total. The zero-order valence-corrected chi connectivity index (χ0v) is 17.5. The zero-order valence-electron chi connectivity index (χ0n) is 17.5. The van der Waals surface area contributed by atoms with Crippen molar-refractivity contribution in [3.05, 3.63) is 12.7 Å². The molecule has 0 spiro atoms. The van der Waals surface area contributed by atoms with Gasteiger partial charge >= 0.3 is 11.9 Å². The van der Waals surface area contributed by atoms with Gasteiger partial charge in [0.2, 0.25) is 0 Å². The minimum absolute atomic E-state index is 0.103. The number of fused-ring (bicyclic) bond motifs is 1. The van der Waals surface area contributed by atoms with E-state index >= 15 is 0 Å². The maximum Gasteiger partial charge on any atom is 0.330 e. The Morgan fingerprint density at radius 3 is 2.40 bits per heavy atom. The van der Waals surface area contributed by atoms with Crippen LogP contribution in [-0.2, 0) is 33.3 Å². The van der Waals surface area contributed by atoms with E-state index in [1.807, 2.05) is 0 Å². The fraction of sp³-hybridized carbons (Fsp3) is 0.818. The van der Waals surface area contributed by atoms with E-state index in [0.29, 0.717) is 13.2 Å². The summed E-state index contributed by atoms with van der Waals surface area (Å²) in [6, 6.07) is 0. The van der Waals surface area contributed by atoms with Gasteiger partial charge in [-0.1, -0.05) is 13.0 Å². The summed E-state index contributed by atoms with van der Waals surface area (Å²) in [4.78, 5) is 23.4. The fourth-order valence-electron chi connectivity index (χ4n) is 4.29. The third kappa shape index (κ3) is 6.51. The molecule has 170 valence electrons. The molecule has 0 bridgehead atoms. The third-order valence-electron chi connectivity index (χ3n) is 6.06. The number of unbranched alkanes of at least 4 members (excludes halogenated alkanes) is 3. The Labute approximate surface area is 177 Å². The van der Waals surface area contributed by atoms with Crippen molar-refractivity contribution in [2.75, 3.05) is 26.4 Å². The van der Waals surface area contributed by atoms with Crippen LogP contribution in [0.3, 0.4) is 0 Å². The van der Waals surface area contributed by atoms with Gasteiger partial charge in [0.1, 0.15) is 18.3 Å². The average Bonchev–Trinajstić information content (AvgIpc) is 3.33. The second-order valence-corrected chi connectivity index (χ2v) is 8.27. The number of aliphatic hydroxyl groups excluding tert-OH is 1. The van der Waals surface area contributed by atoms with Crippen molar-refractivity contribution < 1.29 is 38.4 Å². The standard InChI is InChI=1S/C22H34O8/c1-2-19(24)27-12-6-4-3-5-11-26-16-9-7-15(8-10-16)22(25)30-18-14-29-20-17(23)13-28-21(18)20/h2,15-18,20-21,23H,1,3-14H2/t15?,16?,17-,18+,20-,21-/m1/s1. The third-order valence-corrected chi connectivity index (χ3v) is 6.06.